The maximum atomic E-state index is 11.9. The number of hydrazine groups is 1. The number of aryl methyl sites for hydroxylation is 1. The van der Waals surface area contributed by atoms with E-state index in [1.807, 2.05) is 5.43 Å². The summed E-state index contributed by atoms with van der Waals surface area (Å²) in [5, 5.41) is 1.91. The molecular formula is C11H13N5O3S. The molecule has 8 nitrogen and oxygen atoms in total. The molecule has 9 heteroatoms. The summed E-state index contributed by atoms with van der Waals surface area (Å²) >= 11 is 1.14. The second kappa shape index (κ2) is 5.80. The van der Waals surface area contributed by atoms with Crippen molar-refractivity contribution in [1.29, 1.82) is 0 Å². The molecule has 0 saturated carbocycles. The SMILES string of the molecule is COc1nc(C)cc(=O)n1Cc1csc(C(=O)NN)n1. The topological polar surface area (TPSA) is 112 Å². The van der Waals surface area contributed by atoms with E-state index in [-0.39, 0.29) is 23.1 Å². The van der Waals surface area contributed by atoms with Gasteiger partial charge >= 0.3 is 0 Å². The molecule has 0 spiro atoms. The molecule has 0 aliphatic carbocycles. The van der Waals surface area contributed by atoms with Crippen LogP contribution in [0.3, 0.4) is 0 Å². The maximum Gasteiger partial charge on any atom is 0.299 e. The van der Waals surface area contributed by atoms with Gasteiger partial charge in [-0.05, 0) is 6.92 Å². The third-order valence-electron chi connectivity index (χ3n) is 2.48. The van der Waals surface area contributed by atoms with Crippen LogP contribution in [0.2, 0.25) is 0 Å². The molecule has 106 valence electrons. The Labute approximate surface area is 118 Å². The molecule has 0 radical (unpaired) electrons. The third-order valence-corrected chi connectivity index (χ3v) is 3.37. The van der Waals surface area contributed by atoms with E-state index in [0.29, 0.717) is 11.4 Å². The fourth-order valence-electron chi connectivity index (χ4n) is 1.60. The van der Waals surface area contributed by atoms with E-state index in [2.05, 4.69) is 9.97 Å². The first-order chi connectivity index (χ1) is 9.55. The number of rotatable bonds is 4. The van der Waals surface area contributed by atoms with Crippen molar-refractivity contribution < 1.29 is 9.53 Å². The van der Waals surface area contributed by atoms with Crippen LogP contribution in [-0.2, 0) is 6.54 Å². The lowest BCUT2D eigenvalue weighted by Crippen LogP contribution is -2.30. The van der Waals surface area contributed by atoms with Gasteiger partial charge in [-0.15, -0.1) is 11.3 Å². The van der Waals surface area contributed by atoms with Crippen LogP contribution in [0.4, 0.5) is 0 Å². The lowest BCUT2D eigenvalue weighted by Gasteiger charge is -2.09. The van der Waals surface area contributed by atoms with Crippen molar-refractivity contribution in [2.75, 3.05) is 7.11 Å². The first-order valence-corrected chi connectivity index (χ1v) is 6.51. The van der Waals surface area contributed by atoms with E-state index in [4.69, 9.17) is 10.6 Å². The Hall–Kier alpha value is -2.26. The zero-order valence-electron chi connectivity index (χ0n) is 10.9. The number of carbonyl (C=O) groups excluding carboxylic acids is 1. The highest BCUT2D eigenvalue weighted by atomic mass is 32.1. The summed E-state index contributed by atoms with van der Waals surface area (Å²) in [5.74, 6) is 4.56. The van der Waals surface area contributed by atoms with Gasteiger partial charge in [0.25, 0.3) is 17.5 Å². The van der Waals surface area contributed by atoms with Gasteiger partial charge in [0.05, 0.1) is 19.3 Å². The number of ether oxygens (including phenoxy) is 1. The van der Waals surface area contributed by atoms with E-state index in [1.54, 1.807) is 12.3 Å². The molecule has 0 bridgehead atoms. The van der Waals surface area contributed by atoms with Crippen LogP contribution in [0, 0.1) is 6.92 Å². The number of hydrogen-bond donors (Lipinski definition) is 2. The predicted octanol–water partition coefficient (Wildman–Crippen LogP) is -0.331. The second-order valence-electron chi connectivity index (χ2n) is 3.93. The zero-order chi connectivity index (χ0) is 14.7. The molecule has 0 fully saturated rings. The van der Waals surface area contributed by atoms with Crippen LogP contribution in [-0.4, -0.2) is 27.6 Å². The number of nitrogens with zero attached hydrogens (tertiary/aromatic N) is 3. The lowest BCUT2D eigenvalue weighted by atomic mass is 10.4. The average molecular weight is 295 g/mol. The highest BCUT2D eigenvalue weighted by molar-refractivity contribution is 7.11. The molecule has 20 heavy (non-hydrogen) atoms. The van der Waals surface area contributed by atoms with Gasteiger partial charge in [-0.1, -0.05) is 0 Å². The number of thiazole rings is 1. The molecule has 1 amide bonds. The molecule has 0 aliphatic heterocycles. The van der Waals surface area contributed by atoms with Gasteiger partial charge in [-0.2, -0.15) is 0 Å². The number of carbonyl (C=O) groups is 1. The number of methoxy groups -OCH3 is 1. The first kappa shape index (κ1) is 14.2. The molecule has 0 atom stereocenters. The minimum absolute atomic E-state index is 0.170. The Kier molecular flexibility index (Phi) is 4.11. The normalized spacial score (nSPS) is 10.3. The molecule has 0 unspecified atom stereocenters. The summed E-state index contributed by atoms with van der Waals surface area (Å²) in [7, 11) is 1.44. The number of aromatic nitrogens is 3. The summed E-state index contributed by atoms with van der Waals surface area (Å²) in [4.78, 5) is 31.5. The summed E-state index contributed by atoms with van der Waals surface area (Å²) in [5.41, 5.74) is 2.89. The van der Waals surface area contributed by atoms with Gasteiger partial charge < -0.3 is 4.74 Å². The Morgan fingerprint density at radius 3 is 2.95 bits per heavy atom. The number of hydrogen-bond acceptors (Lipinski definition) is 7. The van der Waals surface area contributed by atoms with E-state index in [9.17, 15) is 9.59 Å². The van der Waals surface area contributed by atoms with E-state index >= 15 is 0 Å². The third kappa shape index (κ3) is 2.83. The monoisotopic (exact) mass is 295 g/mol. The molecule has 2 heterocycles. The molecule has 0 saturated heterocycles. The van der Waals surface area contributed by atoms with Crippen LogP contribution in [0.1, 0.15) is 21.2 Å². The average Bonchev–Trinajstić information content (AvgIpc) is 2.89. The Bertz CT molecular complexity index is 694. The van der Waals surface area contributed by atoms with Crippen molar-refractivity contribution in [3.05, 3.63) is 38.2 Å². The molecule has 2 aromatic rings. The first-order valence-electron chi connectivity index (χ1n) is 5.63. The Morgan fingerprint density at radius 2 is 2.30 bits per heavy atom. The van der Waals surface area contributed by atoms with Crippen molar-refractivity contribution >= 4 is 17.2 Å². The molecular weight excluding hydrogens is 282 g/mol. The standard InChI is InChI=1S/C11H13N5O3S/c1-6-3-8(17)16(11(13-6)19-2)4-7-5-20-10(14-7)9(18)15-12/h3,5H,4,12H2,1-2H3,(H,15,18). The van der Waals surface area contributed by atoms with Crippen molar-refractivity contribution in [3.8, 4) is 6.01 Å². The lowest BCUT2D eigenvalue weighted by molar-refractivity contribution is 0.0953. The fraction of sp³-hybridized carbons (Fsp3) is 0.273. The minimum atomic E-state index is -0.470. The number of amides is 1. The maximum absolute atomic E-state index is 11.9. The summed E-state index contributed by atoms with van der Waals surface area (Å²) in [6.45, 7) is 1.88. The second-order valence-corrected chi connectivity index (χ2v) is 4.78. The van der Waals surface area contributed by atoms with Gasteiger partial charge in [0.1, 0.15) is 0 Å². The summed E-state index contributed by atoms with van der Waals surface area (Å²) < 4.78 is 6.42. The smallest absolute Gasteiger partial charge is 0.299 e. The predicted molar refractivity (Wildman–Crippen MR) is 72.7 cm³/mol. The van der Waals surface area contributed by atoms with Crippen LogP contribution in [0.15, 0.2) is 16.2 Å². The number of nitrogens with two attached hydrogens (primary N) is 1. The largest absolute Gasteiger partial charge is 0.468 e. The quantitative estimate of drug-likeness (QED) is 0.454. The van der Waals surface area contributed by atoms with Crippen molar-refractivity contribution in [3.63, 3.8) is 0 Å². The molecule has 0 aliphatic rings. The van der Waals surface area contributed by atoms with Crippen LogP contribution in [0.5, 0.6) is 6.01 Å². The number of nitrogens with one attached hydrogen (secondary N) is 1. The molecule has 2 aromatic heterocycles. The van der Waals surface area contributed by atoms with E-state index in [0.717, 1.165) is 11.3 Å². The summed E-state index contributed by atoms with van der Waals surface area (Å²) in [6.07, 6.45) is 0. The number of nitrogen functional groups attached to an aromatic ring is 1. The van der Waals surface area contributed by atoms with Crippen molar-refractivity contribution in [2.24, 2.45) is 5.84 Å². The van der Waals surface area contributed by atoms with Gasteiger partial charge in [0.2, 0.25) is 0 Å². The van der Waals surface area contributed by atoms with Gasteiger partial charge in [-0.3, -0.25) is 19.6 Å². The van der Waals surface area contributed by atoms with E-state index < -0.39 is 5.91 Å². The van der Waals surface area contributed by atoms with Gasteiger partial charge in [0, 0.05) is 17.1 Å². The highest BCUT2D eigenvalue weighted by Gasteiger charge is 2.13. The van der Waals surface area contributed by atoms with Crippen LogP contribution >= 0.6 is 11.3 Å². The molecule has 2 rings (SSSR count). The summed E-state index contributed by atoms with van der Waals surface area (Å²) in [6, 6.07) is 1.61. The minimum Gasteiger partial charge on any atom is -0.468 e. The highest BCUT2D eigenvalue weighted by Crippen LogP contribution is 2.13. The van der Waals surface area contributed by atoms with Gasteiger partial charge in [0.15, 0.2) is 5.01 Å². The molecule has 3 N–H and O–H groups in total. The molecule has 0 aromatic carbocycles. The Balaban J connectivity index is 2.33. The van der Waals surface area contributed by atoms with Crippen molar-refractivity contribution in [1.82, 2.24) is 20.0 Å². The Morgan fingerprint density at radius 1 is 1.55 bits per heavy atom. The van der Waals surface area contributed by atoms with Gasteiger partial charge in [-0.25, -0.2) is 15.8 Å². The van der Waals surface area contributed by atoms with E-state index in [1.165, 1.54) is 17.7 Å². The fourth-order valence-corrected chi connectivity index (χ4v) is 2.31. The van der Waals surface area contributed by atoms with Crippen LogP contribution < -0.4 is 21.6 Å². The van der Waals surface area contributed by atoms with Crippen LogP contribution in [0.25, 0.3) is 0 Å². The zero-order valence-corrected chi connectivity index (χ0v) is 11.7. The van der Waals surface area contributed by atoms with Crippen molar-refractivity contribution in [2.45, 2.75) is 13.5 Å².